The van der Waals surface area contributed by atoms with Crippen molar-refractivity contribution in [1.82, 2.24) is 5.16 Å². The number of rotatable bonds is 4. The molecule has 0 atom stereocenters. The zero-order chi connectivity index (χ0) is 18.8. The summed E-state index contributed by atoms with van der Waals surface area (Å²) in [7, 11) is 0. The van der Waals surface area contributed by atoms with E-state index in [4.69, 9.17) is 16.1 Å². The van der Waals surface area contributed by atoms with Crippen molar-refractivity contribution >= 4 is 28.9 Å². The van der Waals surface area contributed by atoms with Gasteiger partial charge in [-0.1, -0.05) is 16.8 Å². The molecule has 1 heterocycles. The van der Waals surface area contributed by atoms with Gasteiger partial charge in [0.2, 0.25) is 0 Å². The minimum atomic E-state index is -0.646. The Hall–Kier alpha value is -3.26. The summed E-state index contributed by atoms with van der Waals surface area (Å²) in [6, 6.07) is 9.32. The van der Waals surface area contributed by atoms with Crippen LogP contribution in [-0.4, -0.2) is 16.0 Å². The van der Waals surface area contributed by atoms with E-state index in [1.807, 2.05) is 0 Å². The van der Waals surface area contributed by atoms with Gasteiger partial charge in [-0.05, 0) is 43.3 Å². The number of aromatic nitrogens is 1. The molecule has 0 bridgehead atoms. The number of anilines is 1. The maximum atomic E-state index is 13.1. The van der Waals surface area contributed by atoms with Gasteiger partial charge in [-0.2, -0.15) is 0 Å². The second-order valence-electron chi connectivity index (χ2n) is 5.35. The van der Waals surface area contributed by atoms with E-state index in [9.17, 15) is 19.3 Å². The Kier molecular flexibility index (Phi) is 4.68. The lowest BCUT2D eigenvalue weighted by Crippen LogP contribution is -2.13. The molecule has 1 aromatic heterocycles. The van der Waals surface area contributed by atoms with Gasteiger partial charge in [0.15, 0.2) is 0 Å². The predicted molar refractivity (Wildman–Crippen MR) is 92.7 cm³/mol. The smallest absolute Gasteiger partial charge is 0.289 e. The van der Waals surface area contributed by atoms with E-state index in [-0.39, 0.29) is 33.4 Å². The number of halogens is 2. The number of nitro benzene ring substituents is 1. The number of nitrogens with one attached hydrogen (secondary N) is 1. The average molecular weight is 376 g/mol. The molecule has 7 nitrogen and oxygen atoms in total. The fourth-order valence-electron chi connectivity index (χ4n) is 2.37. The van der Waals surface area contributed by atoms with E-state index in [2.05, 4.69) is 10.5 Å². The Morgan fingerprint density at radius 3 is 2.62 bits per heavy atom. The highest BCUT2D eigenvalue weighted by Crippen LogP contribution is 2.29. The fraction of sp³-hybridized carbons (Fsp3) is 0.0588. The molecule has 0 aliphatic heterocycles. The summed E-state index contributed by atoms with van der Waals surface area (Å²) in [5, 5.41) is 17.3. The molecule has 1 amide bonds. The lowest BCUT2D eigenvalue weighted by molar-refractivity contribution is -0.384. The van der Waals surface area contributed by atoms with Crippen LogP contribution in [0.3, 0.4) is 0 Å². The number of carbonyl (C=O) groups is 1. The topological polar surface area (TPSA) is 98.3 Å². The summed E-state index contributed by atoms with van der Waals surface area (Å²) in [4.78, 5) is 23.0. The number of amides is 1. The fourth-order valence-corrected chi connectivity index (χ4v) is 2.55. The van der Waals surface area contributed by atoms with Gasteiger partial charge in [0.1, 0.15) is 27.9 Å². The number of benzene rings is 2. The highest BCUT2D eigenvalue weighted by molar-refractivity contribution is 6.32. The Balaban J connectivity index is 1.94. The van der Waals surface area contributed by atoms with Gasteiger partial charge in [0, 0.05) is 17.3 Å². The predicted octanol–water partition coefficient (Wildman–Crippen LogP) is 4.60. The Morgan fingerprint density at radius 1 is 1.27 bits per heavy atom. The van der Waals surface area contributed by atoms with Crippen molar-refractivity contribution in [1.29, 1.82) is 0 Å². The van der Waals surface area contributed by atoms with Crippen LogP contribution in [0.15, 0.2) is 47.0 Å². The minimum Gasteiger partial charge on any atom is -0.360 e. The highest BCUT2D eigenvalue weighted by atomic mass is 35.5. The summed E-state index contributed by atoms with van der Waals surface area (Å²) < 4.78 is 18.2. The number of nitro groups is 1. The molecule has 0 saturated heterocycles. The Bertz CT molecular complexity index is 1000. The first kappa shape index (κ1) is 17.6. The Labute approximate surface area is 151 Å². The van der Waals surface area contributed by atoms with Gasteiger partial charge in [-0.25, -0.2) is 4.39 Å². The number of hydrogen-bond donors (Lipinski definition) is 1. The van der Waals surface area contributed by atoms with E-state index >= 15 is 0 Å². The van der Waals surface area contributed by atoms with Gasteiger partial charge in [0.05, 0.1) is 4.92 Å². The first-order chi connectivity index (χ1) is 12.4. The molecular formula is C17H11ClFN3O4. The van der Waals surface area contributed by atoms with Crippen LogP contribution in [0, 0.1) is 22.9 Å². The quantitative estimate of drug-likeness (QED) is 0.530. The van der Waals surface area contributed by atoms with Crippen molar-refractivity contribution in [3.63, 3.8) is 0 Å². The first-order valence-electron chi connectivity index (χ1n) is 7.34. The maximum Gasteiger partial charge on any atom is 0.289 e. The van der Waals surface area contributed by atoms with Crippen LogP contribution >= 0.6 is 11.6 Å². The molecular weight excluding hydrogens is 365 g/mol. The second kappa shape index (κ2) is 6.93. The molecule has 0 unspecified atom stereocenters. The molecule has 0 aliphatic rings. The zero-order valence-electron chi connectivity index (χ0n) is 13.3. The lowest BCUT2D eigenvalue weighted by Gasteiger charge is -2.06. The molecule has 132 valence electrons. The van der Waals surface area contributed by atoms with E-state index in [0.717, 1.165) is 6.07 Å². The van der Waals surface area contributed by atoms with Crippen molar-refractivity contribution in [2.45, 2.75) is 6.92 Å². The third-order valence-corrected chi connectivity index (χ3v) is 3.93. The summed E-state index contributed by atoms with van der Waals surface area (Å²) in [5.74, 6) is -0.738. The van der Waals surface area contributed by atoms with E-state index in [1.54, 1.807) is 6.92 Å². The largest absolute Gasteiger partial charge is 0.360 e. The molecule has 0 fully saturated rings. The lowest BCUT2D eigenvalue weighted by atomic mass is 10.1. The number of carbonyl (C=O) groups excluding carboxylic acids is 1. The molecule has 9 heteroatoms. The summed E-state index contributed by atoms with van der Waals surface area (Å²) in [5.41, 5.74) is 0.746. The van der Waals surface area contributed by atoms with E-state index in [1.165, 1.54) is 36.4 Å². The third-order valence-electron chi connectivity index (χ3n) is 3.61. The summed E-state index contributed by atoms with van der Waals surface area (Å²) >= 11 is 5.76. The van der Waals surface area contributed by atoms with Crippen molar-refractivity contribution < 1.29 is 18.6 Å². The molecule has 0 aliphatic carbocycles. The van der Waals surface area contributed by atoms with Crippen LogP contribution in [-0.2, 0) is 0 Å². The Morgan fingerprint density at radius 2 is 1.96 bits per heavy atom. The van der Waals surface area contributed by atoms with Gasteiger partial charge in [-0.3, -0.25) is 14.9 Å². The van der Waals surface area contributed by atoms with E-state index < -0.39 is 16.6 Å². The maximum absolute atomic E-state index is 13.1. The standard InChI is InChI=1S/C17H11ClFN3O4/c1-9-15(16(21-26-9)10-2-4-11(19)5-3-10)17(23)20-12-6-7-13(18)14(8-12)22(24)25/h2-8H,1H3,(H,20,23). The van der Waals surface area contributed by atoms with Gasteiger partial charge in [-0.15, -0.1) is 0 Å². The number of aryl methyl sites for hydroxylation is 1. The second-order valence-corrected chi connectivity index (χ2v) is 5.75. The monoisotopic (exact) mass is 375 g/mol. The molecule has 26 heavy (non-hydrogen) atoms. The number of nitrogens with zero attached hydrogens (tertiary/aromatic N) is 2. The van der Waals surface area contributed by atoms with Crippen LogP contribution in [0.1, 0.15) is 16.1 Å². The molecule has 0 radical (unpaired) electrons. The molecule has 0 spiro atoms. The minimum absolute atomic E-state index is 0.0406. The van der Waals surface area contributed by atoms with Gasteiger partial charge < -0.3 is 9.84 Å². The van der Waals surface area contributed by atoms with Crippen LogP contribution < -0.4 is 5.32 Å². The van der Waals surface area contributed by atoms with Crippen LogP contribution in [0.5, 0.6) is 0 Å². The van der Waals surface area contributed by atoms with Crippen LogP contribution in [0.2, 0.25) is 5.02 Å². The highest BCUT2D eigenvalue weighted by Gasteiger charge is 2.22. The van der Waals surface area contributed by atoms with Gasteiger partial charge in [0.25, 0.3) is 11.6 Å². The van der Waals surface area contributed by atoms with Crippen molar-refractivity contribution in [2.75, 3.05) is 5.32 Å². The summed E-state index contributed by atoms with van der Waals surface area (Å²) in [6.45, 7) is 1.55. The van der Waals surface area contributed by atoms with Crippen LogP contribution in [0.25, 0.3) is 11.3 Å². The summed E-state index contributed by atoms with van der Waals surface area (Å²) in [6.07, 6.45) is 0. The number of hydrogen-bond acceptors (Lipinski definition) is 5. The van der Waals surface area contributed by atoms with Crippen molar-refractivity contribution in [2.24, 2.45) is 0 Å². The van der Waals surface area contributed by atoms with E-state index in [0.29, 0.717) is 5.56 Å². The van der Waals surface area contributed by atoms with Crippen molar-refractivity contribution in [3.05, 3.63) is 74.7 Å². The zero-order valence-corrected chi connectivity index (χ0v) is 14.1. The van der Waals surface area contributed by atoms with Crippen molar-refractivity contribution in [3.8, 4) is 11.3 Å². The molecule has 1 N–H and O–H groups in total. The molecule has 3 aromatic rings. The first-order valence-corrected chi connectivity index (χ1v) is 7.72. The molecule has 0 saturated carbocycles. The normalized spacial score (nSPS) is 10.6. The van der Waals surface area contributed by atoms with Gasteiger partial charge >= 0.3 is 0 Å². The molecule has 2 aromatic carbocycles. The third kappa shape index (κ3) is 3.40. The molecule has 3 rings (SSSR count). The SMILES string of the molecule is Cc1onc(-c2ccc(F)cc2)c1C(=O)Nc1ccc(Cl)c([N+](=O)[O-])c1. The van der Waals surface area contributed by atoms with Crippen LogP contribution in [0.4, 0.5) is 15.8 Å². The average Bonchev–Trinajstić information content (AvgIpc) is 2.98.